The van der Waals surface area contributed by atoms with E-state index in [0.717, 1.165) is 17.0 Å². The third-order valence-corrected chi connectivity index (χ3v) is 5.17. The Morgan fingerprint density at radius 3 is 2.50 bits per heavy atom. The van der Waals surface area contributed by atoms with Crippen LogP contribution in [-0.2, 0) is 4.79 Å². The van der Waals surface area contributed by atoms with Crippen molar-refractivity contribution in [3.8, 4) is 5.75 Å². The monoisotopic (exact) mass is 394 g/mol. The zero-order valence-electron chi connectivity index (χ0n) is 14.4. The molecule has 3 atom stereocenters. The van der Waals surface area contributed by atoms with Gasteiger partial charge in [0.15, 0.2) is 0 Å². The van der Waals surface area contributed by atoms with Gasteiger partial charge < -0.3 is 4.74 Å². The standard InChI is InChI=1S/C18H20Cl2N4O2/c1-10-16(18(25)22-21)23-24(15-8-5-12(19)9-14(15)20)17(10)11-3-6-13(26-2)7-4-11/h3-10,16-17,23H,21H2,1-2H3,(H,22,25)/t10-,16?,17?/m1/s1. The van der Waals surface area contributed by atoms with Crippen molar-refractivity contribution in [3.05, 3.63) is 58.1 Å². The molecule has 2 aromatic rings. The Balaban J connectivity index is 2.04. The summed E-state index contributed by atoms with van der Waals surface area (Å²) in [7, 11) is 1.62. The Kier molecular flexibility index (Phi) is 5.58. The number of nitrogens with zero attached hydrogens (tertiary/aromatic N) is 1. The zero-order chi connectivity index (χ0) is 18.8. The molecule has 2 aromatic carbocycles. The minimum Gasteiger partial charge on any atom is -0.497 e. The number of hydrazine groups is 2. The van der Waals surface area contributed by atoms with Gasteiger partial charge in [-0.1, -0.05) is 42.3 Å². The SMILES string of the molecule is COc1ccc(C2[C@H](C)C(C(=O)NN)NN2c2ccc(Cl)cc2Cl)cc1. The summed E-state index contributed by atoms with van der Waals surface area (Å²) in [6.45, 7) is 1.99. The summed E-state index contributed by atoms with van der Waals surface area (Å²) in [5, 5.41) is 2.93. The van der Waals surface area contributed by atoms with Gasteiger partial charge in [-0.3, -0.25) is 15.2 Å². The Morgan fingerprint density at radius 1 is 1.23 bits per heavy atom. The molecule has 1 fully saturated rings. The molecule has 0 bridgehead atoms. The molecule has 0 aromatic heterocycles. The van der Waals surface area contributed by atoms with E-state index >= 15 is 0 Å². The lowest BCUT2D eigenvalue weighted by molar-refractivity contribution is -0.123. The fourth-order valence-electron chi connectivity index (χ4n) is 3.30. The normalized spacial score (nSPS) is 22.3. The number of ether oxygens (including phenoxy) is 1. The minimum absolute atomic E-state index is 0.0707. The van der Waals surface area contributed by atoms with Crippen LogP contribution in [0.1, 0.15) is 18.5 Å². The molecular formula is C18H20Cl2N4O2. The van der Waals surface area contributed by atoms with Crippen LogP contribution in [0.2, 0.25) is 10.0 Å². The predicted molar refractivity (Wildman–Crippen MR) is 103 cm³/mol. The van der Waals surface area contributed by atoms with Crippen LogP contribution in [0, 0.1) is 5.92 Å². The molecule has 1 heterocycles. The van der Waals surface area contributed by atoms with Gasteiger partial charge in [0.25, 0.3) is 5.91 Å². The van der Waals surface area contributed by atoms with Crippen LogP contribution >= 0.6 is 23.2 Å². The van der Waals surface area contributed by atoms with E-state index in [9.17, 15) is 4.79 Å². The molecule has 4 N–H and O–H groups in total. The molecule has 1 amide bonds. The lowest BCUT2D eigenvalue weighted by atomic mass is 9.90. The number of rotatable bonds is 4. The van der Waals surface area contributed by atoms with Crippen molar-refractivity contribution in [2.24, 2.45) is 11.8 Å². The molecule has 0 aliphatic carbocycles. The molecule has 1 aliphatic heterocycles. The number of nitrogens with two attached hydrogens (primary N) is 1. The second kappa shape index (κ2) is 7.72. The first-order chi connectivity index (χ1) is 12.5. The van der Waals surface area contributed by atoms with E-state index in [1.807, 2.05) is 42.3 Å². The van der Waals surface area contributed by atoms with Crippen LogP contribution in [0.5, 0.6) is 5.75 Å². The highest BCUT2D eigenvalue weighted by Crippen LogP contribution is 2.42. The summed E-state index contributed by atoms with van der Waals surface area (Å²) in [5.41, 5.74) is 7.20. The molecule has 0 radical (unpaired) electrons. The summed E-state index contributed by atoms with van der Waals surface area (Å²) in [6.07, 6.45) is 0. The maximum atomic E-state index is 12.2. The van der Waals surface area contributed by atoms with Gasteiger partial charge >= 0.3 is 0 Å². The first-order valence-corrected chi connectivity index (χ1v) is 8.86. The average Bonchev–Trinajstić information content (AvgIpc) is 2.98. The number of carbonyl (C=O) groups excluding carboxylic acids is 1. The van der Waals surface area contributed by atoms with E-state index in [1.165, 1.54) is 0 Å². The van der Waals surface area contributed by atoms with Gasteiger partial charge in [-0.15, -0.1) is 0 Å². The van der Waals surface area contributed by atoms with Crippen molar-refractivity contribution >= 4 is 34.8 Å². The Labute approximate surface area is 162 Å². The maximum absolute atomic E-state index is 12.2. The summed E-state index contributed by atoms with van der Waals surface area (Å²) in [5.74, 6) is 5.76. The highest BCUT2D eigenvalue weighted by molar-refractivity contribution is 6.36. The van der Waals surface area contributed by atoms with Gasteiger partial charge in [-0.05, 0) is 35.9 Å². The molecule has 3 rings (SSSR count). The summed E-state index contributed by atoms with van der Waals surface area (Å²) < 4.78 is 5.23. The molecule has 138 valence electrons. The summed E-state index contributed by atoms with van der Waals surface area (Å²) in [6, 6.07) is 12.3. The number of nitrogens with one attached hydrogen (secondary N) is 2. The first-order valence-electron chi connectivity index (χ1n) is 8.11. The van der Waals surface area contributed by atoms with Crippen LogP contribution in [0.15, 0.2) is 42.5 Å². The highest BCUT2D eigenvalue weighted by atomic mass is 35.5. The molecular weight excluding hydrogens is 375 g/mol. The fraction of sp³-hybridized carbons (Fsp3) is 0.278. The van der Waals surface area contributed by atoms with Gasteiger partial charge in [-0.25, -0.2) is 11.3 Å². The second-order valence-electron chi connectivity index (χ2n) is 6.16. The van der Waals surface area contributed by atoms with E-state index in [-0.39, 0.29) is 17.9 Å². The van der Waals surface area contributed by atoms with Crippen molar-refractivity contribution in [2.75, 3.05) is 12.1 Å². The molecule has 0 saturated carbocycles. The lowest BCUT2D eigenvalue weighted by Gasteiger charge is -2.29. The quantitative estimate of drug-likeness (QED) is 0.421. The highest BCUT2D eigenvalue weighted by Gasteiger charge is 2.43. The average molecular weight is 395 g/mol. The Morgan fingerprint density at radius 2 is 1.92 bits per heavy atom. The molecule has 1 aliphatic rings. The number of hydrogen-bond donors (Lipinski definition) is 3. The van der Waals surface area contributed by atoms with E-state index in [2.05, 4.69) is 10.9 Å². The molecule has 1 saturated heterocycles. The van der Waals surface area contributed by atoms with Crippen molar-refractivity contribution in [1.82, 2.24) is 10.9 Å². The number of hydrogen-bond acceptors (Lipinski definition) is 5. The third kappa shape index (κ3) is 3.46. The number of methoxy groups -OCH3 is 1. The molecule has 6 nitrogen and oxygen atoms in total. The van der Waals surface area contributed by atoms with Gasteiger partial charge in [0.2, 0.25) is 0 Å². The minimum atomic E-state index is -0.501. The fourth-order valence-corrected chi connectivity index (χ4v) is 3.80. The smallest absolute Gasteiger partial charge is 0.253 e. The molecule has 8 heteroatoms. The van der Waals surface area contributed by atoms with Crippen LogP contribution in [-0.4, -0.2) is 19.1 Å². The van der Waals surface area contributed by atoms with Crippen molar-refractivity contribution in [3.63, 3.8) is 0 Å². The van der Waals surface area contributed by atoms with Crippen LogP contribution in [0.3, 0.4) is 0 Å². The van der Waals surface area contributed by atoms with E-state index < -0.39 is 6.04 Å². The maximum Gasteiger partial charge on any atom is 0.253 e. The van der Waals surface area contributed by atoms with Crippen molar-refractivity contribution in [2.45, 2.75) is 19.0 Å². The molecule has 26 heavy (non-hydrogen) atoms. The second-order valence-corrected chi connectivity index (χ2v) is 7.00. The van der Waals surface area contributed by atoms with Crippen LogP contribution < -0.4 is 26.4 Å². The third-order valence-electron chi connectivity index (χ3n) is 4.63. The van der Waals surface area contributed by atoms with Crippen molar-refractivity contribution < 1.29 is 9.53 Å². The number of carbonyl (C=O) groups is 1. The van der Waals surface area contributed by atoms with E-state index in [4.69, 9.17) is 33.8 Å². The van der Waals surface area contributed by atoms with Gasteiger partial charge in [0.1, 0.15) is 11.8 Å². The van der Waals surface area contributed by atoms with E-state index in [1.54, 1.807) is 19.2 Å². The van der Waals surface area contributed by atoms with Crippen molar-refractivity contribution in [1.29, 1.82) is 0 Å². The Bertz CT molecular complexity index is 800. The largest absolute Gasteiger partial charge is 0.497 e. The number of anilines is 1. The van der Waals surface area contributed by atoms with Crippen LogP contribution in [0.25, 0.3) is 0 Å². The van der Waals surface area contributed by atoms with Gasteiger partial charge in [0.05, 0.1) is 23.9 Å². The molecule has 0 spiro atoms. The Hall–Kier alpha value is -1.99. The first kappa shape index (κ1) is 18.8. The number of amides is 1. The van der Waals surface area contributed by atoms with E-state index in [0.29, 0.717) is 10.0 Å². The number of halogens is 2. The molecule has 2 unspecified atom stereocenters. The van der Waals surface area contributed by atoms with Crippen LogP contribution in [0.4, 0.5) is 5.69 Å². The number of benzene rings is 2. The summed E-state index contributed by atoms with van der Waals surface area (Å²) in [4.78, 5) is 12.2. The van der Waals surface area contributed by atoms with Gasteiger partial charge in [0, 0.05) is 10.9 Å². The lowest BCUT2D eigenvalue weighted by Crippen LogP contribution is -2.48. The zero-order valence-corrected chi connectivity index (χ0v) is 15.9. The predicted octanol–water partition coefficient (Wildman–Crippen LogP) is 3.06. The summed E-state index contributed by atoms with van der Waals surface area (Å²) >= 11 is 12.4. The topological polar surface area (TPSA) is 79.6 Å². The van der Waals surface area contributed by atoms with Gasteiger partial charge in [-0.2, -0.15) is 0 Å².